The van der Waals surface area contributed by atoms with Gasteiger partial charge in [0.1, 0.15) is 22.8 Å². The molecule has 2 aromatic rings. The number of aliphatic carboxylic acids is 1. The first-order valence-corrected chi connectivity index (χ1v) is 15.2. The molecular weight excluding hydrogens is 585 g/mol. The lowest BCUT2D eigenvalue weighted by atomic mass is 10.0. The highest BCUT2D eigenvalue weighted by molar-refractivity contribution is 8.01. The summed E-state index contributed by atoms with van der Waals surface area (Å²) in [6.07, 6.45) is -1.13. The lowest BCUT2D eigenvalue weighted by Gasteiger charge is -2.49. The van der Waals surface area contributed by atoms with Crippen molar-refractivity contribution in [3.63, 3.8) is 0 Å². The van der Waals surface area contributed by atoms with Crippen LogP contribution < -0.4 is 10.0 Å². The Bertz CT molecular complexity index is 1440. The smallest absolute Gasteiger partial charge is 0.352 e. The van der Waals surface area contributed by atoms with E-state index in [0.717, 1.165) is 16.2 Å². The van der Waals surface area contributed by atoms with Crippen molar-refractivity contribution in [3.05, 3.63) is 22.3 Å². The maximum absolute atomic E-state index is 12.8. The van der Waals surface area contributed by atoms with Crippen molar-refractivity contribution in [2.75, 3.05) is 22.0 Å². The van der Waals surface area contributed by atoms with Gasteiger partial charge < -0.3 is 15.5 Å². The highest BCUT2D eigenvalue weighted by Gasteiger charge is 2.54. The molecule has 0 aromatic carbocycles. The molecule has 2 amide bonds. The number of rotatable bonds is 11. The number of nitrogens with one attached hydrogen (secondary N) is 2. The van der Waals surface area contributed by atoms with Crippen molar-refractivity contribution in [1.29, 1.82) is 0 Å². The number of aliphatic hydroxyl groups is 1. The lowest BCUT2D eigenvalue weighted by Crippen LogP contribution is -2.71. The Balaban J connectivity index is 1.40. The van der Waals surface area contributed by atoms with E-state index in [0.29, 0.717) is 10.7 Å². The van der Waals surface area contributed by atoms with Gasteiger partial charge in [0.25, 0.3) is 17.6 Å². The van der Waals surface area contributed by atoms with Gasteiger partial charge >= 0.3 is 5.97 Å². The van der Waals surface area contributed by atoms with Crippen molar-refractivity contribution >= 4 is 73.6 Å². The average molecular weight is 605 g/mol. The van der Waals surface area contributed by atoms with Crippen LogP contribution in [0.3, 0.4) is 0 Å². The standard InChI is InChI=1S/C18H20N8O8S4/c1-7(27)6-38(33,34)22-17-19-9(5-36-17)12(28)13(29)20-10-14(30)26-11(16(31)32)8(3-35-15(10)26)4-37-18-21-23-24-25(18)2/h5,7,10,15,27H,3-4,6H2,1-2H3,(H,19,22)(H,20,29)(H,31,32)/t7?,10?,15-/m0/s1. The number of thioether (sulfide) groups is 2. The number of thiazole rings is 1. The number of β-lactam (4-membered cyclic amide) rings is 1. The molecule has 2 aromatic heterocycles. The molecule has 0 aliphatic carbocycles. The van der Waals surface area contributed by atoms with E-state index < -0.39 is 56.9 Å². The molecule has 0 spiro atoms. The molecule has 20 heteroatoms. The van der Waals surface area contributed by atoms with E-state index in [2.05, 4.69) is 30.5 Å². The minimum absolute atomic E-state index is 0.172. The Morgan fingerprint density at radius 3 is 2.71 bits per heavy atom. The number of carbonyl (C=O) groups is 4. The fraction of sp³-hybridized carbons (Fsp3) is 0.444. The molecule has 4 N–H and O–H groups in total. The third-order valence-corrected chi connectivity index (χ3v) is 9.89. The minimum atomic E-state index is -3.92. The predicted molar refractivity (Wildman–Crippen MR) is 135 cm³/mol. The van der Waals surface area contributed by atoms with E-state index in [-0.39, 0.29) is 28.0 Å². The summed E-state index contributed by atoms with van der Waals surface area (Å²) in [4.78, 5) is 54.8. The van der Waals surface area contributed by atoms with Crippen LogP contribution in [-0.2, 0) is 31.5 Å². The molecule has 0 bridgehead atoms. The van der Waals surface area contributed by atoms with E-state index in [1.165, 1.54) is 40.5 Å². The molecule has 4 rings (SSSR count). The van der Waals surface area contributed by atoms with Crippen molar-refractivity contribution in [2.24, 2.45) is 7.05 Å². The molecule has 2 aliphatic heterocycles. The van der Waals surface area contributed by atoms with Gasteiger partial charge in [-0.2, -0.15) is 0 Å². The summed E-state index contributed by atoms with van der Waals surface area (Å²) in [5.41, 5.74) is -0.0494. The number of tetrazole rings is 1. The number of aliphatic hydroxyl groups excluding tert-OH is 1. The summed E-state index contributed by atoms with van der Waals surface area (Å²) in [6.45, 7) is 1.29. The van der Waals surface area contributed by atoms with Crippen molar-refractivity contribution < 1.29 is 37.8 Å². The number of sulfonamides is 1. The summed E-state index contributed by atoms with van der Waals surface area (Å²) < 4.78 is 27.4. The zero-order chi connectivity index (χ0) is 27.8. The van der Waals surface area contributed by atoms with Crippen molar-refractivity contribution in [1.82, 2.24) is 35.4 Å². The Hall–Kier alpha value is -3.07. The summed E-state index contributed by atoms with van der Waals surface area (Å²) in [6, 6.07) is -1.13. The number of hydrogen-bond acceptors (Lipinski definition) is 14. The number of ketones is 1. The molecule has 0 radical (unpaired) electrons. The summed E-state index contributed by atoms with van der Waals surface area (Å²) in [7, 11) is -2.28. The van der Waals surface area contributed by atoms with Crippen molar-refractivity contribution in [2.45, 2.75) is 29.6 Å². The van der Waals surface area contributed by atoms with E-state index in [1.807, 2.05) is 0 Å². The Labute approximate surface area is 227 Å². The number of fused-ring (bicyclic) bond motifs is 1. The van der Waals surface area contributed by atoms with Gasteiger partial charge in [-0.25, -0.2) is 22.9 Å². The van der Waals surface area contributed by atoms with Gasteiger partial charge in [0.2, 0.25) is 15.2 Å². The maximum atomic E-state index is 12.8. The number of aromatic nitrogens is 5. The fourth-order valence-electron chi connectivity index (χ4n) is 3.53. The van der Waals surface area contributed by atoms with Gasteiger partial charge in [-0.1, -0.05) is 11.8 Å². The van der Waals surface area contributed by atoms with Crippen LogP contribution in [0.2, 0.25) is 0 Å². The number of aryl methyl sites for hydroxylation is 1. The van der Waals surface area contributed by atoms with Crippen LogP contribution in [-0.4, -0.2) is 107 Å². The second kappa shape index (κ2) is 11.0. The van der Waals surface area contributed by atoms with Gasteiger partial charge in [-0.15, -0.1) is 28.2 Å². The number of Topliss-reactive ketones (excluding diaryl/α,β-unsaturated/α-hetero) is 1. The zero-order valence-electron chi connectivity index (χ0n) is 19.6. The Morgan fingerprint density at radius 1 is 1.34 bits per heavy atom. The summed E-state index contributed by atoms with van der Waals surface area (Å²) in [5.74, 6) is -4.33. The largest absolute Gasteiger partial charge is 0.477 e. The third-order valence-electron chi connectivity index (χ3n) is 5.14. The van der Waals surface area contributed by atoms with E-state index >= 15 is 0 Å². The first-order valence-electron chi connectivity index (χ1n) is 10.6. The summed E-state index contributed by atoms with van der Waals surface area (Å²) in [5, 5.41) is 33.2. The van der Waals surface area contributed by atoms with Gasteiger partial charge in [0, 0.05) is 23.9 Å². The molecule has 16 nitrogen and oxygen atoms in total. The average Bonchev–Trinajstić information content (AvgIpc) is 3.46. The van der Waals surface area contributed by atoms with Crippen LogP contribution >= 0.6 is 34.9 Å². The molecule has 3 atom stereocenters. The van der Waals surface area contributed by atoms with Crippen LogP contribution in [0.15, 0.2) is 21.8 Å². The molecule has 0 saturated carbocycles. The third kappa shape index (κ3) is 5.82. The molecule has 204 valence electrons. The van der Waals surface area contributed by atoms with Crippen LogP contribution in [0.4, 0.5) is 5.13 Å². The summed E-state index contributed by atoms with van der Waals surface area (Å²) >= 11 is 3.21. The minimum Gasteiger partial charge on any atom is -0.477 e. The molecular formula is C18H20N8O8S4. The quantitative estimate of drug-likeness (QED) is 0.0991. The number of amides is 2. The van der Waals surface area contributed by atoms with Gasteiger partial charge in [0.05, 0.1) is 11.9 Å². The Kier molecular flexibility index (Phi) is 8.06. The van der Waals surface area contributed by atoms with Gasteiger partial charge in [0.15, 0.2) is 5.13 Å². The molecule has 2 unspecified atom stereocenters. The van der Waals surface area contributed by atoms with Gasteiger partial charge in [-0.3, -0.25) is 24.0 Å². The van der Waals surface area contributed by atoms with Crippen LogP contribution in [0.5, 0.6) is 0 Å². The number of anilines is 1. The lowest BCUT2D eigenvalue weighted by molar-refractivity contribution is -0.150. The highest BCUT2D eigenvalue weighted by atomic mass is 32.2. The Morgan fingerprint density at radius 2 is 2.08 bits per heavy atom. The molecule has 1 fully saturated rings. The number of hydrogen-bond donors (Lipinski definition) is 4. The second-order valence-electron chi connectivity index (χ2n) is 8.09. The normalized spacial score (nSPS) is 20.0. The topological polar surface area (TPSA) is 227 Å². The molecule has 38 heavy (non-hydrogen) atoms. The van der Waals surface area contributed by atoms with Crippen LogP contribution in [0.25, 0.3) is 0 Å². The van der Waals surface area contributed by atoms with E-state index in [9.17, 15) is 37.8 Å². The number of carboxylic acid groups (broad SMARTS) is 1. The van der Waals surface area contributed by atoms with Gasteiger partial charge in [-0.05, 0) is 22.9 Å². The SMILES string of the molecule is CC(O)CS(=O)(=O)Nc1nc(C(=O)C(=O)NC2C(=O)N3C(C(=O)O)=C(CSc4nnnn4C)CS[C@@H]23)cs1. The van der Waals surface area contributed by atoms with E-state index in [4.69, 9.17) is 0 Å². The molecule has 2 aliphatic rings. The fourth-order valence-corrected chi connectivity index (χ4v) is 8.00. The van der Waals surface area contributed by atoms with Crippen molar-refractivity contribution in [3.8, 4) is 0 Å². The zero-order valence-corrected chi connectivity index (χ0v) is 22.9. The predicted octanol–water partition coefficient (Wildman–Crippen LogP) is -1.50. The van der Waals surface area contributed by atoms with Crippen LogP contribution in [0.1, 0.15) is 17.4 Å². The molecule has 4 heterocycles. The highest BCUT2D eigenvalue weighted by Crippen LogP contribution is 2.41. The number of nitrogens with zero attached hydrogens (tertiary/aromatic N) is 6. The van der Waals surface area contributed by atoms with Crippen LogP contribution in [0, 0.1) is 0 Å². The number of carbonyl (C=O) groups excluding carboxylic acids is 3. The first-order chi connectivity index (χ1) is 17.9. The first kappa shape index (κ1) is 28.0. The second-order valence-corrected chi connectivity index (χ2v) is 12.8. The molecule has 1 saturated heterocycles. The van der Waals surface area contributed by atoms with E-state index in [1.54, 1.807) is 7.05 Å². The monoisotopic (exact) mass is 604 g/mol. The number of carboxylic acids is 1. The maximum Gasteiger partial charge on any atom is 0.352 e.